The van der Waals surface area contributed by atoms with Crippen molar-refractivity contribution in [1.29, 1.82) is 0 Å². The standard InChI is InChI=1S/C10H18N2O3.ClH/c13-10(9-8-14-6-7-15-9)12-4-1-2-11-3-5-12;/h9,11H,1-8H2;1H. The number of amides is 1. The molecule has 0 bridgehead atoms. The SMILES string of the molecule is Cl.O=C(C1COCCO1)N1CCCNCC1. The van der Waals surface area contributed by atoms with Crippen LogP contribution >= 0.6 is 12.4 Å². The summed E-state index contributed by atoms with van der Waals surface area (Å²) < 4.78 is 10.6. The summed E-state index contributed by atoms with van der Waals surface area (Å²) in [6, 6.07) is 0. The quantitative estimate of drug-likeness (QED) is 0.691. The Morgan fingerprint density at radius 3 is 2.88 bits per heavy atom. The molecule has 1 atom stereocenters. The van der Waals surface area contributed by atoms with E-state index in [2.05, 4.69) is 5.32 Å². The van der Waals surface area contributed by atoms with Gasteiger partial charge in [0.25, 0.3) is 5.91 Å². The third-order valence-electron chi connectivity index (χ3n) is 2.74. The zero-order valence-electron chi connectivity index (χ0n) is 9.31. The number of halogens is 1. The first-order valence-electron chi connectivity index (χ1n) is 5.57. The molecule has 2 heterocycles. The van der Waals surface area contributed by atoms with Crippen molar-refractivity contribution in [3.63, 3.8) is 0 Å². The second-order valence-electron chi connectivity index (χ2n) is 3.86. The molecular formula is C10H19ClN2O3. The number of nitrogens with zero attached hydrogens (tertiary/aromatic N) is 1. The molecule has 1 unspecified atom stereocenters. The van der Waals surface area contributed by atoms with Gasteiger partial charge in [-0.3, -0.25) is 4.79 Å². The van der Waals surface area contributed by atoms with Gasteiger partial charge in [-0.1, -0.05) is 0 Å². The third-order valence-corrected chi connectivity index (χ3v) is 2.74. The van der Waals surface area contributed by atoms with E-state index in [1.54, 1.807) is 0 Å². The zero-order valence-corrected chi connectivity index (χ0v) is 10.1. The lowest BCUT2D eigenvalue weighted by molar-refractivity contribution is -0.157. The zero-order chi connectivity index (χ0) is 10.5. The molecule has 2 aliphatic heterocycles. The minimum Gasteiger partial charge on any atom is -0.376 e. The molecule has 2 aliphatic rings. The van der Waals surface area contributed by atoms with Crippen molar-refractivity contribution in [1.82, 2.24) is 10.2 Å². The summed E-state index contributed by atoms with van der Waals surface area (Å²) in [6.45, 7) is 5.01. The number of rotatable bonds is 1. The van der Waals surface area contributed by atoms with Crippen LogP contribution in [-0.2, 0) is 14.3 Å². The molecule has 1 amide bonds. The lowest BCUT2D eigenvalue weighted by atomic mass is 10.3. The van der Waals surface area contributed by atoms with Gasteiger partial charge in [-0.2, -0.15) is 0 Å². The molecule has 1 N–H and O–H groups in total. The molecule has 0 saturated carbocycles. The second-order valence-corrected chi connectivity index (χ2v) is 3.86. The number of carbonyl (C=O) groups is 1. The molecule has 16 heavy (non-hydrogen) atoms. The summed E-state index contributed by atoms with van der Waals surface area (Å²) in [4.78, 5) is 13.9. The van der Waals surface area contributed by atoms with Gasteiger partial charge in [0.15, 0.2) is 6.10 Å². The Morgan fingerprint density at radius 1 is 1.25 bits per heavy atom. The molecule has 5 nitrogen and oxygen atoms in total. The number of carbonyl (C=O) groups excluding carboxylic acids is 1. The van der Waals surface area contributed by atoms with Crippen LogP contribution in [0.4, 0.5) is 0 Å². The summed E-state index contributed by atoms with van der Waals surface area (Å²) in [7, 11) is 0. The fourth-order valence-electron chi connectivity index (χ4n) is 1.90. The first kappa shape index (κ1) is 13.7. The van der Waals surface area contributed by atoms with Gasteiger partial charge < -0.3 is 19.7 Å². The predicted octanol–water partition coefficient (Wildman–Crippen LogP) is -0.354. The number of ether oxygens (including phenoxy) is 2. The Hall–Kier alpha value is -0.360. The van der Waals surface area contributed by atoms with Crippen molar-refractivity contribution in [2.24, 2.45) is 0 Å². The Bertz CT molecular complexity index is 214. The number of hydrogen-bond acceptors (Lipinski definition) is 4. The van der Waals surface area contributed by atoms with Gasteiger partial charge in [-0.15, -0.1) is 12.4 Å². The van der Waals surface area contributed by atoms with Crippen LogP contribution in [0.15, 0.2) is 0 Å². The maximum atomic E-state index is 12.0. The van der Waals surface area contributed by atoms with Crippen molar-refractivity contribution >= 4 is 18.3 Å². The fourth-order valence-corrected chi connectivity index (χ4v) is 1.90. The van der Waals surface area contributed by atoms with Gasteiger partial charge in [-0.25, -0.2) is 0 Å². The van der Waals surface area contributed by atoms with E-state index in [1.807, 2.05) is 4.90 Å². The van der Waals surface area contributed by atoms with Crippen LogP contribution in [0.5, 0.6) is 0 Å². The van der Waals surface area contributed by atoms with Gasteiger partial charge in [-0.05, 0) is 13.0 Å². The van der Waals surface area contributed by atoms with Crippen molar-refractivity contribution in [3.05, 3.63) is 0 Å². The van der Waals surface area contributed by atoms with Crippen LogP contribution in [0.2, 0.25) is 0 Å². The minimum atomic E-state index is -0.378. The van der Waals surface area contributed by atoms with Crippen LogP contribution in [0, 0.1) is 0 Å². The highest BCUT2D eigenvalue weighted by Crippen LogP contribution is 2.06. The Balaban J connectivity index is 0.00000128. The lowest BCUT2D eigenvalue weighted by Crippen LogP contribution is -2.46. The maximum absolute atomic E-state index is 12.0. The summed E-state index contributed by atoms with van der Waals surface area (Å²) in [5.74, 6) is 0.0819. The Morgan fingerprint density at radius 2 is 2.12 bits per heavy atom. The molecule has 0 aliphatic carbocycles. The second kappa shape index (κ2) is 7.06. The van der Waals surface area contributed by atoms with E-state index < -0.39 is 0 Å². The average Bonchev–Trinajstić information content (AvgIpc) is 2.58. The van der Waals surface area contributed by atoms with Gasteiger partial charge in [0.1, 0.15) is 0 Å². The molecule has 2 saturated heterocycles. The number of nitrogens with one attached hydrogen (secondary N) is 1. The summed E-state index contributed by atoms with van der Waals surface area (Å²) >= 11 is 0. The smallest absolute Gasteiger partial charge is 0.254 e. The fraction of sp³-hybridized carbons (Fsp3) is 0.900. The first-order valence-corrected chi connectivity index (χ1v) is 5.57. The number of hydrogen-bond donors (Lipinski definition) is 1. The molecule has 2 rings (SSSR count). The molecule has 6 heteroatoms. The average molecular weight is 251 g/mol. The molecule has 0 aromatic rings. The highest BCUT2D eigenvalue weighted by Gasteiger charge is 2.27. The van der Waals surface area contributed by atoms with Crippen molar-refractivity contribution in [3.8, 4) is 0 Å². The Kier molecular flexibility index (Phi) is 6.05. The molecule has 0 aromatic carbocycles. The summed E-state index contributed by atoms with van der Waals surface area (Å²) in [5, 5.41) is 3.27. The van der Waals surface area contributed by atoms with E-state index in [-0.39, 0.29) is 24.4 Å². The van der Waals surface area contributed by atoms with E-state index in [4.69, 9.17) is 9.47 Å². The lowest BCUT2D eigenvalue weighted by Gasteiger charge is -2.28. The topological polar surface area (TPSA) is 50.8 Å². The molecule has 0 aromatic heterocycles. The molecule has 2 fully saturated rings. The van der Waals surface area contributed by atoms with Crippen molar-refractivity contribution < 1.29 is 14.3 Å². The summed E-state index contributed by atoms with van der Waals surface area (Å²) in [6.07, 6.45) is 0.635. The maximum Gasteiger partial charge on any atom is 0.254 e. The van der Waals surface area contributed by atoms with Gasteiger partial charge >= 0.3 is 0 Å². The van der Waals surface area contributed by atoms with Gasteiger partial charge in [0, 0.05) is 19.6 Å². The van der Waals surface area contributed by atoms with Gasteiger partial charge in [0.2, 0.25) is 0 Å². The third kappa shape index (κ3) is 3.59. The van der Waals surface area contributed by atoms with Crippen molar-refractivity contribution in [2.45, 2.75) is 12.5 Å². The van der Waals surface area contributed by atoms with E-state index in [0.29, 0.717) is 19.8 Å². The van der Waals surface area contributed by atoms with Crippen LogP contribution in [0.25, 0.3) is 0 Å². The monoisotopic (exact) mass is 250 g/mol. The normalized spacial score (nSPS) is 26.8. The highest BCUT2D eigenvalue weighted by atomic mass is 35.5. The molecule has 94 valence electrons. The van der Waals surface area contributed by atoms with E-state index in [1.165, 1.54) is 0 Å². The van der Waals surface area contributed by atoms with Gasteiger partial charge in [0.05, 0.1) is 19.8 Å². The largest absolute Gasteiger partial charge is 0.376 e. The first-order chi connectivity index (χ1) is 7.38. The molecular weight excluding hydrogens is 232 g/mol. The highest BCUT2D eigenvalue weighted by molar-refractivity contribution is 5.85. The van der Waals surface area contributed by atoms with Crippen LogP contribution in [-0.4, -0.2) is 62.9 Å². The van der Waals surface area contributed by atoms with Crippen molar-refractivity contribution in [2.75, 3.05) is 46.0 Å². The van der Waals surface area contributed by atoms with E-state index >= 15 is 0 Å². The molecule has 0 spiro atoms. The molecule has 0 radical (unpaired) electrons. The Labute approximate surface area is 102 Å². The van der Waals surface area contributed by atoms with Crippen LogP contribution in [0.1, 0.15) is 6.42 Å². The van der Waals surface area contributed by atoms with E-state index in [9.17, 15) is 4.79 Å². The summed E-state index contributed by atoms with van der Waals surface area (Å²) in [5.41, 5.74) is 0. The van der Waals surface area contributed by atoms with Crippen LogP contribution in [0.3, 0.4) is 0 Å². The van der Waals surface area contributed by atoms with Crippen LogP contribution < -0.4 is 5.32 Å². The predicted molar refractivity (Wildman–Crippen MR) is 61.9 cm³/mol. The van der Waals surface area contributed by atoms with E-state index in [0.717, 1.165) is 32.6 Å². The minimum absolute atomic E-state index is 0.